The maximum absolute atomic E-state index is 12.0. The molecule has 0 heterocycles. The van der Waals surface area contributed by atoms with Crippen LogP contribution in [0.2, 0.25) is 0 Å². The van der Waals surface area contributed by atoms with E-state index in [9.17, 15) is 8.42 Å². The summed E-state index contributed by atoms with van der Waals surface area (Å²) in [6.45, 7) is 4.09. The molecule has 5 heteroatoms. The van der Waals surface area contributed by atoms with Crippen molar-refractivity contribution in [2.75, 3.05) is 6.54 Å². The molecule has 4 nitrogen and oxygen atoms in total. The lowest BCUT2D eigenvalue weighted by Crippen LogP contribution is -2.25. The highest BCUT2D eigenvalue weighted by molar-refractivity contribution is 7.89. The number of nitriles is 1. The Kier molecular flexibility index (Phi) is 5.32. The Bertz CT molecular complexity index is 545. The van der Waals surface area contributed by atoms with Gasteiger partial charge in [-0.2, -0.15) is 5.26 Å². The number of benzene rings is 1. The third kappa shape index (κ3) is 4.13. The van der Waals surface area contributed by atoms with Gasteiger partial charge >= 0.3 is 0 Å². The highest BCUT2D eigenvalue weighted by Gasteiger charge is 2.15. The highest BCUT2D eigenvalue weighted by Crippen LogP contribution is 2.16. The zero-order valence-electron chi connectivity index (χ0n) is 10.7. The summed E-state index contributed by atoms with van der Waals surface area (Å²) < 4.78 is 26.6. The molecule has 0 atom stereocenters. The molecule has 0 spiro atoms. The van der Waals surface area contributed by atoms with Gasteiger partial charge in [0, 0.05) is 13.0 Å². The SMILES string of the molecule is Cc1ccc(S(=O)(=O)NCCCCC#N)c(C)c1. The second-order valence-electron chi connectivity index (χ2n) is 4.28. The van der Waals surface area contributed by atoms with Crippen LogP contribution < -0.4 is 4.72 Å². The third-order valence-corrected chi connectivity index (χ3v) is 4.25. The Hall–Kier alpha value is -1.38. The molecule has 0 aliphatic rings. The van der Waals surface area contributed by atoms with Crippen LogP contribution in [-0.4, -0.2) is 15.0 Å². The zero-order chi connectivity index (χ0) is 13.6. The number of unbranched alkanes of at least 4 members (excludes halogenated alkanes) is 2. The normalized spacial score (nSPS) is 11.2. The quantitative estimate of drug-likeness (QED) is 0.803. The Morgan fingerprint density at radius 2 is 2.00 bits per heavy atom. The minimum atomic E-state index is -3.43. The van der Waals surface area contributed by atoms with Crippen LogP contribution in [0.3, 0.4) is 0 Å². The number of hydrogen-bond donors (Lipinski definition) is 1. The van der Waals surface area contributed by atoms with Crippen molar-refractivity contribution in [3.63, 3.8) is 0 Å². The molecule has 1 aromatic rings. The van der Waals surface area contributed by atoms with E-state index in [0.29, 0.717) is 30.7 Å². The third-order valence-electron chi connectivity index (χ3n) is 2.63. The molecule has 0 aromatic heterocycles. The van der Waals surface area contributed by atoms with Crippen LogP contribution in [0.15, 0.2) is 23.1 Å². The standard InChI is InChI=1S/C13H18N2O2S/c1-11-6-7-13(12(2)10-11)18(16,17)15-9-5-3-4-8-14/h6-7,10,15H,3-5,9H2,1-2H3. The second-order valence-corrected chi connectivity index (χ2v) is 6.02. The Balaban J connectivity index is 2.66. The second kappa shape index (κ2) is 6.53. The molecule has 0 amide bonds. The number of nitrogens with one attached hydrogen (secondary N) is 1. The van der Waals surface area contributed by atoms with Gasteiger partial charge in [-0.3, -0.25) is 0 Å². The first kappa shape index (κ1) is 14.7. The van der Waals surface area contributed by atoms with E-state index in [4.69, 9.17) is 5.26 Å². The van der Waals surface area contributed by atoms with Gasteiger partial charge in [-0.05, 0) is 38.3 Å². The summed E-state index contributed by atoms with van der Waals surface area (Å²) in [7, 11) is -3.43. The average Bonchev–Trinajstić information content (AvgIpc) is 2.28. The van der Waals surface area contributed by atoms with Crippen molar-refractivity contribution < 1.29 is 8.42 Å². The fourth-order valence-corrected chi connectivity index (χ4v) is 3.01. The molecule has 0 saturated carbocycles. The van der Waals surface area contributed by atoms with E-state index in [2.05, 4.69) is 4.72 Å². The van der Waals surface area contributed by atoms with Crippen molar-refractivity contribution in [1.29, 1.82) is 5.26 Å². The van der Waals surface area contributed by atoms with E-state index in [1.54, 1.807) is 19.1 Å². The van der Waals surface area contributed by atoms with Crippen LogP contribution in [0.4, 0.5) is 0 Å². The molecule has 1 aromatic carbocycles. The van der Waals surface area contributed by atoms with Gasteiger partial charge in [-0.15, -0.1) is 0 Å². The minimum absolute atomic E-state index is 0.327. The molecule has 0 fully saturated rings. The molecule has 98 valence electrons. The first-order chi connectivity index (χ1) is 8.47. The Labute approximate surface area is 109 Å². The van der Waals surface area contributed by atoms with E-state index in [1.807, 2.05) is 19.1 Å². The minimum Gasteiger partial charge on any atom is -0.211 e. The predicted molar refractivity (Wildman–Crippen MR) is 70.6 cm³/mol. The monoisotopic (exact) mass is 266 g/mol. The van der Waals surface area contributed by atoms with Crippen LogP contribution >= 0.6 is 0 Å². The average molecular weight is 266 g/mol. The molecule has 1 rings (SSSR count). The first-order valence-electron chi connectivity index (χ1n) is 5.91. The maximum Gasteiger partial charge on any atom is 0.240 e. The number of nitrogens with zero attached hydrogens (tertiary/aromatic N) is 1. The van der Waals surface area contributed by atoms with Gasteiger partial charge in [0.2, 0.25) is 10.0 Å². The summed E-state index contributed by atoms with van der Waals surface area (Å²) in [5.74, 6) is 0. The van der Waals surface area contributed by atoms with E-state index >= 15 is 0 Å². The summed E-state index contributed by atoms with van der Waals surface area (Å²) in [6, 6.07) is 7.30. The van der Waals surface area contributed by atoms with E-state index in [0.717, 1.165) is 11.1 Å². The lowest BCUT2D eigenvalue weighted by atomic mass is 10.2. The lowest BCUT2D eigenvalue weighted by Gasteiger charge is -2.09. The molecule has 0 aliphatic heterocycles. The Morgan fingerprint density at radius 3 is 2.61 bits per heavy atom. The fraction of sp³-hybridized carbons (Fsp3) is 0.462. The van der Waals surface area contributed by atoms with Crippen LogP contribution in [0.25, 0.3) is 0 Å². The molecule has 18 heavy (non-hydrogen) atoms. The lowest BCUT2D eigenvalue weighted by molar-refractivity contribution is 0.576. The maximum atomic E-state index is 12.0. The van der Waals surface area contributed by atoms with E-state index in [1.165, 1.54) is 0 Å². The van der Waals surface area contributed by atoms with E-state index < -0.39 is 10.0 Å². The summed E-state index contributed by atoms with van der Waals surface area (Å²) >= 11 is 0. The molecule has 0 bridgehead atoms. The molecule has 0 radical (unpaired) electrons. The fourth-order valence-electron chi connectivity index (χ4n) is 1.71. The predicted octanol–water partition coefficient (Wildman–Crippen LogP) is 2.28. The van der Waals surface area contributed by atoms with Gasteiger partial charge in [0.1, 0.15) is 0 Å². The topological polar surface area (TPSA) is 70.0 Å². The molecule has 0 unspecified atom stereocenters. The summed E-state index contributed by atoms with van der Waals surface area (Å²) in [6.07, 6.45) is 1.86. The molecule has 1 N–H and O–H groups in total. The number of aryl methyl sites for hydroxylation is 2. The molecular weight excluding hydrogens is 248 g/mol. The van der Waals surface area contributed by atoms with Crippen molar-refractivity contribution in [2.45, 2.75) is 38.0 Å². The summed E-state index contributed by atoms with van der Waals surface area (Å²) in [5.41, 5.74) is 1.79. The van der Waals surface area contributed by atoms with Crippen molar-refractivity contribution in [3.8, 4) is 6.07 Å². The van der Waals surface area contributed by atoms with Gasteiger partial charge < -0.3 is 0 Å². The number of sulfonamides is 1. The number of rotatable bonds is 6. The van der Waals surface area contributed by atoms with Crippen molar-refractivity contribution >= 4 is 10.0 Å². The molecular formula is C13H18N2O2S. The van der Waals surface area contributed by atoms with Crippen LogP contribution in [0, 0.1) is 25.2 Å². The van der Waals surface area contributed by atoms with Crippen LogP contribution in [0.1, 0.15) is 30.4 Å². The Morgan fingerprint density at radius 1 is 1.28 bits per heavy atom. The van der Waals surface area contributed by atoms with Crippen molar-refractivity contribution in [2.24, 2.45) is 0 Å². The van der Waals surface area contributed by atoms with E-state index in [-0.39, 0.29) is 0 Å². The first-order valence-corrected chi connectivity index (χ1v) is 7.39. The van der Waals surface area contributed by atoms with Crippen molar-refractivity contribution in [3.05, 3.63) is 29.3 Å². The summed E-state index contributed by atoms with van der Waals surface area (Å²) in [4.78, 5) is 0.327. The largest absolute Gasteiger partial charge is 0.240 e. The zero-order valence-corrected chi connectivity index (χ0v) is 11.5. The smallest absolute Gasteiger partial charge is 0.211 e. The highest BCUT2D eigenvalue weighted by atomic mass is 32.2. The van der Waals surface area contributed by atoms with Gasteiger partial charge in [0.15, 0.2) is 0 Å². The molecule has 0 saturated heterocycles. The van der Waals surface area contributed by atoms with Gasteiger partial charge in [-0.25, -0.2) is 13.1 Å². The van der Waals surface area contributed by atoms with Gasteiger partial charge in [0.05, 0.1) is 11.0 Å². The molecule has 0 aliphatic carbocycles. The number of hydrogen-bond acceptors (Lipinski definition) is 3. The van der Waals surface area contributed by atoms with Gasteiger partial charge in [-0.1, -0.05) is 17.7 Å². The van der Waals surface area contributed by atoms with Gasteiger partial charge in [0.25, 0.3) is 0 Å². The van der Waals surface area contributed by atoms with Crippen molar-refractivity contribution in [1.82, 2.24) is 4.72 Å². The summed E-state index contributed by atoms with van der Waals surface area (Å²) in [5, 5.41) is 8.38. The van der Waals surface area contributed by atoms with Crippen LogP contribution in [0.5, 0.6) is 0 Å². The van der Waals surface area contributed by atoms with Crippen LogP contribution in [-0.2, 0) is 10.0 Å².